The highest BCUT2D eigenvalue weighted by atomic mass is 35.5. The van der Waals surface area contributed by atoms with Gasteiger partial charge in [-0.05, 0) is 56.1 Å². The molecule has 0 radical (unpaired) electrons. The van der Waals surface area contributed by atoms with Gasteiger partial charge in [-0.2, -0.15) is 0 Å². The first kappa shape index (κ1) is 25.1. The Kier molecular flexibility index (Phi) is 8.94. The molecule has 1 aliphatic heterocycles. The number of methoxy groups -OCH3 is 1. The number of nitrogens with one attached hydrogen (secondary N) is 3. The molecule has 0 atom stereocenters. The van der Waals surface area contributed by atoms with E-state index >= 15 is 0 Å². The summed E-state index contributed by atoms with van der Waals surface area (Å²) >= 11 is 6.52. The molecule has 186 valence electrons. The fraction of sp³-hybridized carbons (Fsp3) is 0.640. The monoisotopic (exact) mass is 488 g/mol. The lowest BCUT2D eigenvalue weighted by atomic mass is 9.82. The first-order chi connectivity index (χ1) is 16.5. The SMILES string of the molecule is COCCNC1CCC(Nc2cc(-c3ccnc(NCC4(C)CCOCC4)n3)c(Cl)cn2)CC1. The number of hydrogen-bond acceptors (Lipinski definition) is 8. The zero-order valence-electron chi connectivity index (χ0n) is 20.3. The number of nitrogens with zero attached hydrogens (tertiary/aromatic N) is 3. The van der Waals surface area contributed by atoms with E-state index in [9.17, 15) is 0 Å². The Balaban J connectivity index is 1.36. The molecular weight excluding hydrogens is 452 g/mol. The molecule has 34 heavy (non-hydrogen) atoms. The Bertz CT molecular complexity index is 916. The molecule has 4 rings (SSSR count). The summed E-state index contributed by atoms with van der Waals surface area (Å²) in [5.74, 6) is 1.45. The highest BCUT2D eigenvalue weighted by molar-refractivity contribution is 6.33. The van der Waals surface area contributed by atoms with Gasteiger partial charge in [0.25, 0.3) is 0 Å². The lowest BCUT2D eigenvalue weighted by Gasteiger charge is -2.33. The van der Waals surface area contributed by atoms with Crippen LogP contribution < -0.4 is 16.0 Å². The van der Waals surface area contributed by atoms with Gasteiger partial charge < -0.3 is 25.4 Å². The lowest BCUT2D eigenvalue weighted by Crippen LogP contribution is -2.38. The molecule has 0 unspecified atom stereocenters. The molecule has 0 spiro atoms. The lowest BCUT2D eigenvalue weighted by molar-refractivity contribution is 0.0299. The van der Waals surface area contributed by atoms with Crippen molar-refractivity contribution in [2.24, 2.45) is 5.41 Å². The Hall–Kier alpha value is -2.00. The van der Waals surface area contributed by atoms with Crippen LogP contribution in [0.15, 0.2) is 24.5 Å². The molecule has 0 amide bonds. The van der Waals surface area contributed by atoms with Gasteiger partial charge in [0.1, 0.15) is 5.82 Å². The van der Waals surface area contributed by atoms with Crippen molar-refractivity contribution in [3.05, 3.63) is 29.5 Å². The number of aromatic nitrogens is 3. The maximum atomic E-state index is 6.52. The summed E-state index contributed by atoms with van der Waals surface area (Å²) in [7, 11) is 1.74. The van der Waals surface area contributed by atoms with Crippen LogP contribution in [0, 0.1) is 5.41 Å². The van der Waals surface area contributed by atoms with Gasteiger partial charge in [-0.1, -0.05) is 18.5 Å². The predicted octanol–water partition coefficient (Wildman–Crippen LogP) is 4.38. The second-order valence-electron chi connectivity index (χ2n) is 9.73. The summed E-state index contributed by atoms with van der Waals surface area (Å²) in [6.45, 7) is 6.39. The van der Waals surface area contributed by atoms with E-state index in [0.29, 0.717) is 23.1 Å². The van der Waals surface area contributed by atoms with Crippen LogP contribution in [-0.2, 0) is 9.47 Å². The highest BCUT2D eigenvalue weighted by Gasteiger charge is 2.27. The van der Waals surface area contributed by atoms with E-state index in [4.69, 9.17) is 26.1 Å². The van der Waals surface area contributed by atoms with Gasteiger partial charge in [-0.3, -0.25) is 0 Å². The number of pyridine rings is 1. The van der Waals surface area contributed by atoms with E-state index in [1.54, 1.807) is 19.5 Å². The average Bonchev–Trinajstić information content (AvgIpc) is 2.86. The van der Waals surface area contributed by atoms with Gasteiger partial charge in [0.2, 0.25) is 5.95 Å². The minimum absolute atomic E-state index is 0.196. The van der Waals surface area contributed by atoms with Gasteiger partial charge in [0.15, 0.2) is 0 Å². The average molecular weight is 489 g/mol. The number of hydrogen-bond donors (Lipinski definition) is 3. The van der Waals surface area contributed by atoms with E-state index < -0.39 is 0 Å². The minimum Gasteiger partial charge on any atom is -0.383 e. The third kappa shape index (κ3) is 7.01. The largest absolute Gasteiger partial charge is 0.383 e. The maximum absolute atomic E-state index is 6.52. The molecule has 0 aromatic carbocycles. The summed E-state index contributed by atoms with van der Waals surface area (Å²) in [6, 6.07) is 4.86. The van der Waals surface area contributed by atoms with E-state index in [0.717, 1.165) is 88.5 Å². The van der Waals surface area contributed by atoms with E-state index in [2.05, 4.69) is 32.8 Å². The summed E-state index contributed by atoms with van der Waals surface area (Å²) in [6.07, 6.45) is 10.1. The quantitative estimate of drug-likeness (QED) is 0.424. The molecule has 0 bridgehead atoms. The number of anilines is 2. The highest BCUT2D eigenvalue weighted by Crippen LogP contribution is 2.31. The molecule has 1 aliphatic carbocycles. The second-order valence-corrected chi connectivity index (χ2v) is 10.1. The van der Waals surface area contributed by atoms with Crippen molar-refractivity contribution in [2.45, 2.75) is 57.5 Å². The Morgan fingerprint density at radius 3 is 2.68 bits per heavy atom. The van der Waals surface area contributed by atoms with Crippen LogP contribution in [0.5, 0.6) is 0 Å². The number of rotatable bonds is 10. The van der Waals surface area contributed by atoms with Crippen molar-refractivity contribution in [1.82, 2.24) is 20.3 Å². The predicted molar refractivity (Wildman–Crippen MR) is 136 cm³/mol. The van der Waals surface area contributed by atoms with Crippen molar-refractivity contribution in [2.75, 3.05) is 50.7 Å². The summed E-state index contributed by atoms with van der Waals surface area (Å²) in [4.78, 5) is 13.7. The van der Waals surface area contributed by atoms with Gasteiger partial charge >= 0.3 is 0 Å². The first-order valence-corrected chi connectivity index (χ1v) is 12.7. The summed E-state index contributed by atoms with van der Waals surface area (Å²) < 4.78 is 10.6. The zero-order valence-corrected chi connectivity index (χ0v) is 21.0. The van der Waals surface area contributed by atoms with Gasteiger partial charge in [-0.25, -0.2) is 15.0 Å². The number of ether oxygens (including phenoxy) is 2. The molecule has 3 N–H and O–H groups in total. The van der Waals surface area contributed by atoms with Gasteiger partial charge in [-0.15, -0.1) is 0 Å². The molecule has 1 saturated heterocycles. The zero-order chi connectivity index (χ0) is 23.8. The van der Waals surface area contributed by atoms with Crippen LogP contribution >= 0.6 is 11.6 Å². The standard InChI is InChI=1S/C25H37ClN6O2/c1-25(8-12-34-13-9-25)17-30-24-28-10-7-22(32-24)20-15-23(29-16-21(20)26)31-19-5-3-18(4-6-19)27-11-14-33-2/h7,10,15-16,18-19,27H,3-6,8-9,11-14,17H2,1-2H3,(H,29,31)(H,28,30,32). The summed E-state index contributed by atoms with van der Waals surface area (Å²) in [5, 5.41) is 11.2. The fourth-order valence-corrected chi connectivity index (χ4v) is 4.86. The van der Waals surface area contributed by atoms with Crippen LogP contribution in [0.3, 0.4) is 0 Å². The molecule has 2 aromatic rings. The maximum Gasteiger partial charge on any atom is 0.223 e. The topological polar surface area (TPSA) is 93.2 Å². The van der Waals surface area contributed by atoms with Crippen LogP contribution in [0.25, 0.3) is 11.3 Å². The smallest absolute Gasteiger partial charge is 0.223 e. The number of halogens is 1. The van der Waals surface area contributed by atoms with E-state index in [1.165, 1.54) is 0 Å². The van der Waals surface area contributed by atoms with E-state index in [1.807, 2.05) is 12.1 Å². The molecule has 2 fully saturated rings. The third-order valence-electron chi connectivity index (χ3n) is 6.98. The second kappa shape index (κ2) is 12.1. The molecular formula is C25H37ClN6O2. The fourth-order valence-electron chi connectivity index (χ4n) is 4.66. The molecule has 2 aliphatic rings. The molecule has 2 aromatic heterocycles. The summed E-state index contributed by atoms with van der Waals surface area (Å²) in [5.41, 5.74) is 1.84. The van der Waals surface area contributed by atoms with Crippen molar-refractivity contribution < 1.29 is 9.47 Å². The molecule has 9 heteroatoms. The van der Waals surface area contributed by atoms with Crippen LogP contribution in [0.1, 0.15) is 45.4 Å². The molecule has 1 saturated carbocycles. The minimum atomic E-state index is 0.196. The van der Waals surface area contributed by atoms with Crippen molar-refractivity contribution >= 4 is 23.4 Å². The van der Waals surface area contributed by atoms with Crippen molar-refractivity contribution in [3.8, 4) is 11.3 Å². The van der Waals surface area contributed by atoms with Crippen molar-refractivity contribution in [3.63, 3.8) is 0 Å². The van der Waals surface area contributed by atoms with E-state index in [-0.39, 0.29) is 5.41 Å². The Morgan fingerprint density at radius 1 is 1.15 bits per heavy atom. The third-order valence-corrected chi connectivity index (χ3v) is 7.28. The normalized spacial score (nSPS) is 22.3. The van der Waals surface area contributed by atoms with Crippen molar-refractivity contribution in [1.29, 1.82) is 0 Å². The Morgan fingerprint density at radius 2 is 1.91 bits per heavy atom. The molecule has 8 nitrogen and oxygen atoms in total. The van der Waals surface area contributed by atoms with Crippen LogP contribution in [-0.4, -0.2) is 67.1 Å². The van der Waals surface area contributed by atoms with Crippen LogP contribution in [0.2, 0.25) is 5.02 Å². The first-order valence-electron chi connectivity index (χ1n) is 12.3. The van der Waals surface area contributed by atoms with Gasteiger partial charge in [0.05, 0.1) is 17.3 Å². The Labute approximate surface area is 207 Å². The van der Waals surface area contributed by atoms with Gasteiger partial charge in [0, 0.05) is 63.5 Å². The van der Waals surface area contributed by atoms with Crippen LogP contribution in [0.4, 0.5) is 11.8 Å². The molecule has 3 heterocycles.